The summed E-state index contributed by atoms with van der Waals surface area (Å²) in [7, 11) is 0.682. The highest BCUT2D eigenvalue weighted by Crippen LogP contribution is 2.55. The molecule has 2 saturated carbocycles. The number of nitrogens with one attached hydrogen (secondary N) is 1. The van der Waals surface area contributed by atoms with E-state index < -0.39 is 0 Å². The Morgan fingerprint density at radius 3 is 1.42 bits per heavy atom. The number of rotatable bonds is 2. The molecule has 1 N–H and O–H groups in total. The second kappa shape index (κ2) is 7.72. The molecule has 19 heavy (non-hydrogen) atoms. The average molecular weight is 299 g/mol. The standard InChI is InChI=1S/C16H31NP2/c1-3-7-15(8-4-1)18-11-12-19(14-17-13-18)16-9-5-2-6-10-16/h15-17H,1-14H2. The lowest BCUT2D eigenvalue weighted by Gasteiger charge is -2.31. The molecule has 0 aromatic carbocycles. The smallest absolute Gasteiger partial charge is 0.0161 e. The molecule has 1 heterocycles. The Morgan fingerprint density at radius 1 is 0.579 bits per heavy atom. The summed E-state index contributed by atoms with van der Waals surface area (Å²) in [6.45, 7) is 0. The molecule has 0 amide bonds. The van der Waals surface area contributed by atoms with Crippen molar-refractivity contribution in [2.45, 2.75) is 75.5 Å². The van der Waals surface area contributed by atoms with Crippen LogP contribution in [0.1, 0.15) is 64.2 Å². The lowest BCUT2D eigenvalue weighted by atomic mass is 10.0. The van der Waals surface area contributed by atoms with Crippen molar-refractivity contribution in [1.29, 1.82) is 0 Å². The van der Waals surface area contributed by atoms with Crippen LogP contribution in [0.25, 0.3) is 0 Å². The zero-order valence-corrected chi connectivity index (χ0v) is 14.2. The topological polar surface area (TPSA) is 12.0 Å². The van der Waals surface area contributed by atoms with Crippen LogP contribution in [0.4, 0.5) is 0 Å². The van der Waals surface area contributed by atoms with Crippen molar-refractivity contribution in [3.63, 3.8) is 0 Å². The molecule has 0 aromatic heterocycles. The molecule has 3 rings (SSSR count). The minimum absolute atomic E-state index is 0.341. The highest BCUT2D eigenvalue weighted by atomic mass is 31.1. The number of hydrogen-bond acceptors (Lipinski definition) is 1. The monoisotopic (exact) mass is 299 g/mol. The summed E-state index contributed by atoms with van der Waals surface area (Å²) >= 11 is 0. The zero-order valence-electron chi connectivity index (χ0n) is 12.4. The molecule has 2 atom stereocenters. The van der Waals surface area contributed by atoms with E-state index in [1.807, 2.05) is 0 Å². The predicted molar refractivity (Wildman–Crippen MR) is 90.2 cm³/mol. The summed E-state index contributed by atoms with van der Waals surface area (Å²) in [6, 6.07) is 0. The van der Waals surface area contributed by atoms with Crippen LogP contribution in [-0.4, -0.2) is 36.2 Å². The molecule has 1 nitrogen and oxygen atoms in total. The first-order valence-corrected chi connectivity index (χ1v) is 12.2. The Bertz CT molecular complexity index is 233. The summed E-state index contributed by atoms with van der Waals surface area (Å²) in [5.74, 6) is 0. The molecule has 0 radical (unpaired) electrons. The van der Waals surface area contributed by atoms with Crippen LogP contribution in [0.15, 0.2) is 0 Å². The van der Waals surface area contributed by atoms with E-state index in [9.17, 15) is 0 Å². The fourth-order valence-corrected chi connectivity index (χ4v) is 11.1. The van der Waals surface area contributed by atoms with Gasteiger partial charge < -0.3 is 5.32 Å². The zero-order chi connectivity index (χ0) is 12.9. The van der Waals surface area contributed by atoms with Crippen LogP contribution in [0, 0.1) is 0 Å². The maximum absolute atomic E-state index is 3.90. The Balaban J connectivity index is 1.50. The fourth-order valence-electron chi connectivity index (χ4n) is 4.27. The second-order valence-electron chi connectivity index (χ2n) is 6.77. The van der Waals surface area contributed by atoms with Crippen molar-refractivity contribution in [2.24, 2.45) is 0 Å². The van der Waals surface area contributed by atoms with E-state index in [0.29, 0.717) is 15.8 Å². The number of hydrogen-bond donors (Lipinski definition) is 1. The van der Waals surface area contributed by atoms with Crippen molar-refractivity contribution < 1.29 is 0 Å². The third-order valence-electron chi connectivity index (χ3n) is 5.49. The first-order chi connectivity index (χ1) is 9.43. The van der Waals surface area contributed by atoms with Gasteiger partial charge in [0.05, 0.1) is 0 Å². The summed E-state index contributed by atoms with van der Waals surface area (Å²) in [6.07, 6.45) is 21.5. The van der Waals surface area contributed by atoms with Crippen LogP contribution in [-0.2, 0) is 0 Å². The van der Waals surface area contributed by atoms with E-state index in [0.717, 1.165) is 11.3 Å². The van der Waals surface area contributed by atoms with Gasteiger partial charge in [-0.15, -0.1) is 0 Å². The van der Waals surface area contributed by atoms with Crippen LogP contribution >= 0.6 is 15.8 Å². The first kappa shape index (κ1) is 14.7. The van der Waals surface area contributed by atoms with Gasteiger partial charge in [-0.3, -0.25) is 0 Å². The molecule has 0 aromatic rings. The summed E-state index contributed by atoms with van der Waals surface area (Å²) in [4.78, 5) is 0. The molecule has 3 fully saturated rings. The van der Waals surface area contributed by atoms with Crippen molar-refractivity contribution in [3.8, 4) is 0 Å². The second-order valence-corrected chi connectivity index (χ2v) is 12.1. The van der Waals surface area contributed by atoms with E-state index in [1.54, 1.807) is 38.0 Å². The van der Waals surface area contributed by atoms with Gasteiger partial charge in [-0.1, -0.05) is 54.4 Å². The minimum Gasteiger partial charge on any atom is -0.309 e. The summed E-state index contributed by atoms with van der Waals surface area (Å²) in [5.41, 5.74) is 2.27. The molecule has 3 heteroatoms. The van der Waals surface area contributed by atoms with Gasteiger partial charge in [0.15, 0.2) is 0 Å². The highest BCUT2D eigenvalue weighted by Gasteiger charge is 2.29. The fraction of sp³-hybridized carbons (Fsp3) is 1.00. The predicted octanol–water partition coefficient (Wildman–Crippen LogP) is 5.13. The molecule has 0 bridgehead atoms. The molecule has 110 valence electrons. The summed E-state index contributed by atoms with van der Waals surface area (Å²) in [5, 5.41) is 3.90. The van der Waals surface area contributed by atoms with Gasteiger partial charge in [0.25, 0.3) is 0 Å². The largest absolute Gasteiger partial charge is 0.309 e. The third kappa shape index (κ3) is 4.15. The molecule has 0 spiro atoms. The molecule has 2 unspecified atom stereocenters. The normalized spacial score (nSPS) is 36.0. The Labute approximate surface area is 122 Å². The van der Waals surface area contributed by atoms with E-state index in [1.165, 1.54) is 51.1 Å². The quantitative estimate of drug-likeness (QED) is 0.697. The minimum atomic E-state index is 0.341. The molecular weight excluding hydrogens is 268 g/mol. The van der Waals surface area contributed by atoms with Gasteiger partial charge >= 0.3 is 0 Å². The van der Waals surface area contributed by atoms with E-state index in [2.05, 4.69) is 5.32 Å². The third-order valence-corrected chi connectivity index (χ3v) is 11.8. The van der Waals surface area contributed by atoms with Gasteiger partial charge in [-0.2, -0.15) is 0 Å². The maximum atomic E-state index is 3.90. The molecule has 1 aliphatic heterocycles. The molecular formula is C16H31NP2. The van der Waals surface area contributed by atoms with Gasteiger partial charge in [0, 0.05) is 12.6 Å². The van der Waals surface area contributed by atoms with E-state index >= 15 is 0 Å². The lowest BCUT2D eigenvalue weighted by molar-refractivity contribution is 0.510. The van der Waals surface area contributed by atoms with Crippen molar-refractivity contribution in [2.75, 3.05) is 24.9 Å². The van der Waals surface area contributed by atoms with E-state index in [4.69, 9.17) is 0 Å². The van der Waals surface area contributed by atoms with Crippen molar-refractivity contribution >= 4 is 15.8 Å². The SMILES string of the molecule is C1CCC(P2CCP(C3CCCCC3)CNC2)CC1. The van der Waals surface area contributed by atoms with Crippen LogP contribution in [0.3, 0.4) is 0 Å². The molecule has 1 saturated heterocycles. The highest BCUT2D eigenvalue weighted by molar-refractivity contribution is 7.63. The van der Waals surface area contributed by atoms with E-state index in [-0.39, 0.29) is 0 Å². The Morgan fingerprint density at radius 2 is 1.00 bits per heavy atom. The van der Waals surface area contributed by atoms with Crippen LogP contribution in [0.5, 0.6) is 0 Å². The Kier molecular flexibility index (Phi) is 5.99. The maximum Gasteiger partial charge on any atom is 0.0161 e. The van der Waals surface area contributed by atoms with Crippen molar-refractivity contribution in [3.05, 3.63) is 0 Å². The van der Waals surface area contributed by atoms with Crippen LogP contribution < -0.4 is 5.32 Å². The van der Waals surface area contributed by atoms with Crippen molar-refractivity contribution in [1.82, 2.24) is 5.32 Å². The Hall–Kier alpha value is 0.820. The van der Waals surface area contributed by atoms with Gasteiger partial charge in [0.2, 0.25) is 0 Å². The van der Waals surface area contributed by atoms with Gasteiger partial charge in [0.1, 0.15) is 0 Å². The average Bonchev–Trinajstić information content (AvgIpc) is 2.75. The first-order valence-electron chi connectivity index (χ1n) is 8.62. The molecule has 2 aliphatic carbocycles. The summed E-state index contributed by atoms with van der Waals surface area (Å²) < 4.78 is 0. The van der Waals surface area contributed by atoms with Crippen LogP contribution in [0.2, 0.25) is 0 Å². The lowest BCUT2D eigenvalue weighted by Crippen LogP contribution is -2.20. The van der Waals surface area contributed by atoms with Gasteiger partial charge in [-0.25, -0.2) is 0 Å². The van der Waals surface area contributed by atoms with Gasteiger partial charge in [-0.05, 0) is 49.3 Å². The molecule has 3 aliphatic rings.